The molecule has 220 valence electrons. The number of morpholine rings is 1. The predicted molar refractivity (Wildman–Crippen MR) is 148 cm³/mol. The first-order valence-electron chi connectivity index (χ1n) is 14.2. The van der Waals surface area contributed by atoms with Crippen molar-refractivity contribution in [3.8, 4) is 5.75 Å². The van der Waals surface area contributed by atoms with Crippen LogP contribution in [0.15, 0.2) is 18.3 Å². The molecule has 0 aliphatic carbocycles. The van der Waals surface area contributed by atoms with Crippen molar-refractivity contribution >= 4 is 34.4 Å². The van der Waals surface area contributed by atoms with Gasteiger partial charge in [0.2, 0.25) is 5.95 Å². The summed E-state index contributed by atoms with van der Waals surface area (Å²) in [5.41, 5.74) is 1.24. The first-order chi connectivity index (χ1) is 19.8. The molecule has 3 aliphatic heterocycles. The summed E-state index contributed by atoms with van der Waals surface area (Å²) in [7, 11) is 0. The van der Waals surface area contributed by atoms with Crippen molar-refractivity contribution in [2.45, 2.75) is 44.8 Å². The summed E-state index contributed by atoms with van der Waals surface area (Å²) >= 11 is 0. The van der Waals surface area contributed by atoms with Gasteiger partial charge in [-0.1, -0.05) is 6.92 Å². The number of carbonyl (C=O) groups is 1. The monoisotopic (exact) mass is 573 g/mol. The lowest BCUT2D eigenvalue weighted by Gasteiger charge is -2.40. The number of nitrogens with one attached hydrogen (secondary N) is 3. The molecule has 0 spiro atoms. The van der Waals surface area contributed by atoms with Crippen LogP contribution in [-0.2, 0) is 17.3 Å². The largest absolute Gasteiger partial charge is 0.491 e. The zero-order valence-electron chi connectivity index (χ0n) is 22.9. The summed E-state index contributed by atoms with van der Waals surface area (Å²) < 4.78 is 52.3. The third-order valence-corrected chi connectivity index (χ3v) is 8.03. The number of fused-ring (bicyclic) bond motifs is 2. The van der Waals surface area contributed by atoms with E-state index in [0.717, 1.165) is 50.9 Å². The van der Waals surface area contributed by atoms with Gasteiger partial charge in [-0.2, -0.15) is 23.1 Å². The first-order valence-corrected chi connectivity index (χ1v) is 14.2. The van der Waals surface area contributed by atoms with Gasteiger partial charge in [-0.05, 0) is 31.4 Å². The molecule has 2 aromatic heterocycles. The average molecular weight is 574 g/mol. The van der Waals surface area contributed by atoms with Gasteiger partial charge in [-0.15, -0.1) is 0 Å². The SMILES string of the molecule is CCCNc1nc(Nc2ccc(C(=O)N3CCC(N4CCOCC4)CC3)c3c2OCC3)nc2[nH]cc(C(F)(F)F)c12. The van der Waals surface area contributed by atoms with Crippen molar-refractivity contribution in [2.24, 2.45) is 0 Å². The van der Waals surface area contributed by atoms with Crippen molar-refractivity contribution in [2.75, 3.05) is 63.2 Å². The van der Waals surface area contributed by atoms with Crippen molar-refractivity contribution in [3.05, 3.63) is 35.0 Å². The average Bonchev–Trinajstić information content (AvgIpc) is 3.65. The molecule has 1 aromatic carbocycles. The van der Waals surface area contributed by atoms with Crippen LogP contribution >= 0.6 is 0 Å². The number of H-pyrrole nitrogens is 1. The molecule has 3 aromatic rings. The Kier molecular flexibility index (Phi) is 7.64. The topological polar surface area (TPSA) is 108 Å². The van der Waals surface area contributed by atoms with Crippen LogP contribution in [-0.4, -0.2) is 89.2 Å². The van der Waals surface area contributed by atoms with Crippen molar-refractivity contribution < 1.29 is 27.4 Å². The van der Waals surface area contributed by atoms with Gasteiger partial charge >= 0.3 is 6.18 Å². The van der Waals surface area contributed by atoms with Crippen molar-refractivity contribution in [1.29, 1.82) is 0 Å². The highest BCUT2D eigenvalue weighted by molar-refractivity contribution is 5.98. The Morgan fingerprint density at radius 2 is 1.90 bits per heavy atom. The Bertz CT molecular complexity index is 1410. The number of aromatic amines is 1. The molecule has 0 radical (unpaired) electrons. The molecule has 0 atom stereocenters. The number of piperidine rings is 1. The second-order valence-electron chi connectivity index (χ2n) is 10.6. The van der Waals surface area contributed by atoms with Gasteiger partial charge in [-0.3, -0.25) is 9.69 Å². The van der Waals surface area contributed by atoms with Crippen LogP contribution in [0.4, 0.5) is 30.6 Å². The Hall–Kier alpha value is -3.58. The Labute approximate surface area is 235 Å². The van der Waals surface area contributed by atoms with E-state index in [9.17, 15) is 18.0 Å². The highest BCUT2D eigenvalue weighted by Gasteiger charge is 2.36. The number of anilines is 3. The third-order valence-electron chi connectivity index (χ3n) is 8.03. The van der Waals surface area contributed by atoms with Crippen LogP contribution in [0.1, 0.15) is 47.7 Å². The molecule has 5 heterocycles. The van der Waals surface area contributed by atoms with Gasteiger partial charge in [0.15, 0.2) is 0 Å². The summed E-state index contributed by atoms with van der Waals surface area (Å²) in [6, 6.07) is 4.02. The molecule has 3 aliphatic rings. The highest BCUT2D eigenvalue weighted by atomic mass is 19.4. The van der Waals surface area contributed by atoms with E-state index >= 15 is 0 Å². The number of hydrogen-bond donors (Lipinski definition) is 3. The fraction of sp³-hybridized carbons (Fsp3) is 0.536. The van der Waals surface area contributed by atoms with Gasteiger partial charge in [0.25, 0.3) is 5.91 Å². The fourth-order valence-electron chi connectivity index (χ4n) is 5.95. The molecule has 2 fully saturated rings. The summed E-state index contributed by atoms with van der Waals surface area (Å²) in [6.07, 6.45) is -0.466. The summed E-state index contributed by atoms with van der Waals surface area (Å²) in [5, 5.41) is 6.02. The number of rotatable bonds is 7. The molecular weight excluding hydrogens is 539 g/mol. The number of alkyl halides is 3. The zero-order chi connectivity index (χ0) is 28.6. The van der Waals surface area contributed by atoms with E-state index in [1.54, 1.807) is 12.1 Å². The van der Waals surface area contributed by atoms with Crippen LogP contribution < -0.4 is 15.4 Å². The smallest absolute Gasteiger partial charge is 0.418 e. The van der Waals surface area contributed by atoms with Gasteiger partial charge in [-0.25, -0.2) is 0 Å². The number of amides is 1. The molecule has 13 heteroatoms. The maximum Gasteiger partial charge on any atom is 0.418 e. The minimum Gasteiger partial charge on any atom is -0.491 e. The van der Waals surface area contributed by atoms with E-state index < -0.39 is 11.7 Å². The summed E-state index contributed by atoms with van der Waals surface area (Å²) in [4.78, 5) is 29.3. The lowest BCUT2D eigenvalue weighted by molar-refractivity contribution is -0.136. The lowest BCUT2D eigenvalue weighted by atomic mass is 9.99. The van der Waals surface area contributed by atoms with Crippen LogP contribution in [0.5, 0.6) is 5.75 Å². The summed E-state index contributed by atoms with van der Waals surface area (Å²) in [6.45, 7) is 7.62. The standard InChI is InChI=1S/C28H34F3N7O3/c1-2-8-32-24-22-20(28(29,30)31)16-33-25(22)36-27(35-24)34-21-4-3-19(18-7-13-41-23(18)21)26(39)38-9-5-17(6-10-38)37-11-14-40-15-12-37/h3-4,16-17H,2,5-15H2,1H3,(H3,32,33,34,35,36). The van der Waals surface area contributed by atoms with Crippen molar-refractivity contribution in [3.63, 3.8) is 0 Å². The van der Waals surface area contributed by atoms with Gasteiger partial charge in [0.05, 0.1) is 36.5 Å². The van der Waals surface area contributed by atoms with E-state index in [0.29, 0.717) is 62.1 Å². The fourth-order valence-corrected chi connectivity index (χ4v) is 5.95. The second kappa shape index (κ2) is 11.4. The van der Waals surface area contributed by atoms with Gasteiger partial charge in [0, 0.05) is 62.5 Å². The molecule has 0 bridgehead atoms. The van der Waals surface area contributed by atoms with Crippen molar-refractivity contribution in [1.82, 2.24) is 24.8 Å². The van der Waals surface area contributed by atoms with Crippen LogP contribution in [0.2, 0.25) is 0 Å². The van der Waals surface area contributed by atoms with E-state index in [-0.39, 0.29) is 28.7 Å². The first kappa shape index (κ1) is 27.6. The maximum atomic E-state index is 13.6. The molecule has 2 saturated heterocycles. The molecule has 0 unspecified atom stereocenters. The predicted octanol–water partition coefficient (Wildman–Crippen LogP) is 4.41. The van der Waals surface area contributed by atoms with Gasteiger partial charge in [0.1, 0.15) is 17.2 Å². The Morgan fingerprint density at radius 1 is 1.12 bits per heavy atom. The van der Waals surface area contributed by atoms with E-state index in [1.165, 1.54) is 0 Å². The highest BCUT2D eigenvalue weighted by Crippen LogP contribution is 2.40. The molecule has 10 nitrogen and oxygen atoms in total. The summed E-state index contributed by atoms with van der Waals surface area (Å²) in [5.74, 6) is 0.758. The van der Waals surface area contributed by atoms with E-state index in [2.05, 4.69) is 30.5 Å². The number of ether oxygens (including phenoxy) is 2. The normalized spacial score (nSPS) is 18.4. The molecule has 6 rings (SSSR count). The number of nitrogens with zero attached hydrogens (tertiary/aromatic N) is 4. The Morgan fingerprint density at radius 3 is 2.63 bits per heavy atom. The maximum absolute atomic E-state index is 13.6. The number of likely N-dealkylation sites (tertiary alicyclic amines) is 1. The quantitative estimate of drug-likeness (QED) is 0.382. The number of aromatic nitrogens is 3. The number of benzene rings is 1. The van der Waals surface area contributed by atoms with E-state index in [4.69, 9.17) is 9.47 Å². The molecule has 41 heavy (non-hydrogen) atoms. The second-order valence-corrected chi connectivity index (χ2v) is 10.6. The number of hydrogen-bond acceptors (Lipinski definition) is 8. The number of carbonyl (C=O) groups excluding carboxylic acids is 1. The zero-order valence-corrected chi connectivity index (χ0v) is 22.9. The molecule has 3 N–H and O–H groups in total. The molecule has 1 amide bonds. The van der Waals surface area contributed by atoms with E-state index in [1.807, 2.05) is 11.8 Å². The number of halogens is 3. The van der Waals surface area contributed by atoms with Crippen LogP contribution in [0.3, 0.4) is 0 Å². The Balaban J connectivity index is 1.22. The molecule has 0 saturated carbocycles. The minimum absolute atomic E-state index is 0.00601. The van der Waals surface area contributed by atoms with Crippen LogP contribution in [0, 0.1) is 0 Å². The van der Waals surface area contributed by atoms with Crippen LogP contribution in [0.25, 0.3) is 11.0 Å². The lowest BCUT2D eigenvalue weighted by Crippen LogP contribution is -2.50. The minimum atomic E-state index is -4.55. The molecular formula is C28H34F3N7O3. The van der Waals surface area contributed by atoms with Gasteiger partial charge < -0.3 is 30.0 Å². The third kappa shape index (κ3) is 5.52.